The number of rotatable bonds is 4. The van der Waals surface area contributed by atoms with Crippen LogP contribution in [0.3, 0.4) is 0 Å². The quantitative estimate of drug-likeness (QED) is 0.847. The van der Waals surface area contributed by atoms with Gasteiger partial charge in [0.25, 0.3) is 0 Å². The number of para-hydroxylation sites is 1. The van der Waals surface area contributed by atoms with Crippen molar-refractivity contribution >= 4 is 16.8 Å². The molecule has 4 fully saturated rings. The molecule has 3 aliphatic heterocycles. The van der Waals surface area contributed by atoms with Gasteiger partial charge in [-0.3, -0.25) is 9.69 Å². The first-order valence-electron chi connectivity index (χ1n) is 10.2. The Morgan fingerprint density at radius 3 is 2.77 bits per heavy atom. The van der Waals surface area contributed by atoms with Crippen molar-refractivity contribution in [1.82, 2.24) is 14.4 Å². The van der Waals surface area contributed by atoms with Gasteiger partial charge in [0.15, 0.2) is 0 Å². The highest BCUT2D eigenvalue weighted by molar-refractivity contribution is 5.89. The molecule has 4 heteroatoms. The highest BCUT2D eigenvalue weighted by Gasteiger charge is 2.38. The van der Waals surface area contributed by atoms with E-state index in [4.69, 9.17) is 0 Å². The van der Waals surface area contributed by atoms with E-state index in [1.807, 2.05) is 0 Å². The van der Waals surface area contributed by atoms with Gasteiger partial charge in [0, 0.05) is 56.4 Å². The number of fused-ring (bicyclic) bond motifs is 5. The summed E-state index contributed by atoms with van der Waals surface area (Å²) in [4.78, 5) is 18.0. The Morgan fingerprint density at radius 2 is 1.92 bits per heavy atom. The van der Waals surface area contributed by atoms with E-state index < -0.39 is 0 Å². The smallest absolute Gasteiger partial charge is 0.227 e. The van der Waals surface area contributed by atoms with Crippen molar-refractivity contribution in [3.8, 4) is 0 Å². The van der Waals surface area contributed by atoms with Crippen molar-refractivity contribution in [2.24, 2.45) is 18.9 Å². The molecule has 0 spiro atoms. The molecule has 1 saturated carbocycles. The third-order valence-corrected chi connectivity index (χ3v) is 6.69. The summed E-state index contributed by atoms with van der Waals surface area (Å²) in [5, 5.41) is 1.22. The maximum atomic E-state index is 13.1. The van der Waals surface area contributed by atoms with Gasteiger partial charge < -0.3 is 9.47 Å². The molecule has 4 nitrogen and oxygen atoms in total. The summed E-state index contributed by atoms with van der Waals surface area (Å²) < 4.78 is 2.14. The maximum Gasteiger partial charge on any atom is 0.227 e. The SMILES string of the molecule is Cn1cc(CC(=O)N2C[C@@H]3CC[C@H](C2)N(CC2CC2)C3)c2ccccc21. The minimum Gasteiger partial charge on any atom is -0.350 e. The summed E-state index contributed by atoms with van der Waals surface area (Å²) in [5.41, 5.74) is 2.38. The normalized spacial score (nSPS) is 26.4. The van der Waals surface area contributed by atoms with Crippen LogP contribution in [0, 0.1) is 11.8 Å². The number of amides is 1. The number of hydrogen-bond donors (Lipinski definition) is 0. The van der Waals surface area contributed by atoms with E-state index in [0.717, 1.165) is 19.0 Å². The van der Waals surface area contributed by atoms with E-state index in [9.17, 15) is 4.79 Å². The molecule has 1 aromatic carbocycles. The van der Waals surface area contributed by atoms with Crippen molar-refractivity contribution in [2.45, 2.75) is 38.1 Å². The Morgan fingerprint density at radius 1 is 1.08 bits per heavy atom. The first-order valence-corrected chi connectivity index (χ1v) is 10.2. The molecule has 2 bridgehead atoms. The predicted octanol–water partition coefficient (Wildman–Crippen LogP) is 3.05. The topological polar surface area (TPSA) is 28.5 Å². The van der Waals surface area contributed by atoms with Crippen LogP contribution in [0.1, 0.15) is 31.2 Å². The maximum absolute atomic E-state index is 13.1. The zero-order valence-electron chi connectivity index (χ0n) is 15.7. The fourth-order valence-electron chi connectivity index (χ4n) is 5.08. The van der Waals surface area contributed by atoms with Crippen molar-refractivity contribution < 1.29 is 4.79 Å². The van der Waals surface area contributed by atoms with E-state index in [0.29, 0.717) is 24.3 Å². The average molecular weight is 351 g/mol. The molecule has 0 radical (unpaired) electrons. The fraction of sp³-hybridized carbons (Fsp3) is 0.591. The molecule has 1 aliphatic carbocycles. The summed E-state index contributed by atoms with van der Waals surface area (Å²) in [7, 11) is 2.07. The van der Waals surface area contributed by atoms with E-state index in [2.05, 4.69) is 51.9 Å². The Kier molecular flexibility index (Phi) is 4.04. The number of carbonyl (C=O) groups excluding carboxylic acids is 1. The molecule has 0 unspecified atom stereocenters. The van der Waals surface area contributed by atoms with E-state index in [1.54, 1.807) is 0 Å². The second-order valence-corrected chi connectivity index (χ2v) is 8.75. The molecular formula is C22H29N3O. The summed E-state index contributed by atoms with van der Waals surface area (Å²) in [6.07, 6.45) is 8.06. The first-order chi connectivity index (χ1) is 12.7. The third kappa shape index (κ3) is 3.05. The molecule has 4 aliphatic rings. The predicted molar refractivity (Wildman–Crippen MR) is 104 cm³/mol. The highest BCUT2D eigenvalue weighted by Crippen LogP contribution is 2.35. The zero-order valence-corrected chi connectivity index (χ0v) is 15.7. The Bertz CT molecular complexity index is 822. The number of hydrogen-bond acceptors (Lipinski definition) is 2. The van der Waals surface area contributed by atoms with Gasteiger partial charge in [0.2, 0.25) is 5.91 Å². The summed E-state index contributed by atoms with van der Waals surface area (Å²) in [6, 6.07) is 8.99. The molecule has 3 saturated heterocycles. The zero-order chi connectivity index (χ0) is 17.7. The molecule has 2 aromatic rings. The molecule has 4 heterocycles. The van der Waals surface area contributed by atoms with Gasteiger partial charge in [-0.2, -0.15) is 0 Å². The fourth-order valence-corrected chi connectivity index (χ4v) is 5.08. The molecule has 6 rings (SSSR count). The van der Waals surface area contributed by atoms with Crippen LogP contribution in [-0.4, -0.2) is 52.5 Å². The van der Waals surface area contributed by atoms with Gasteiger partial charge >= 0.3 is 0 Å². The van der Waals surface area contributed by atoms with Gasteiger partial charge in [-0.1, -0.05) is 18.2 Å². The Hall–Kier alpha value is -1.81. The van der Waals surface area contributed by atoms with Gasteiger partial charge in [0.05, 0.1) is 6.42 Å². The average Bonchev–Trinajstić information content (AvgIpc) is 3.45. The molecule has 0 N–H and O–H groups in total. The second-order valence-electron chi connectivity index (χ2n) is 8.75. The van der Waals surface area contributed by atoms with Crippen LogP contribution in [0.5, 0.6) is 0 Å². The van der Waals surface area contributed by atoms with E-state index >= 15 is 0 Å². The molecule has 1 amide bonds. The van der Waals surface area contributed by atoms with Gasteiger partial charge in [-0.05, 0) is 49.1 Å². The molecular weight excluding hydrogens is 322 g/mol. The van der Waals surface area contributed by atoms with E-state index in [-0.39, 0.29) is 0 Å². The van der Waals surface area contributed by atoms with Gasteiger partial charge in [-0.15, -0.1) is 0 Å². The van der Waals surface area contributed by atoms with Gasteiger partial charge in [-0.25, -0.2) is 0 Å². The van der Waals surface area contributed by atoms with Crippen LogP contribution >= 0.6 is 0 Å². The lowest BCUT2D eigenvalue weighted by Crippen LogP contribution is -2.45. The van der Waals surface area contributed by atoms with Crippen LogP contribution in [0.2, 0.25) is 0 Å². The minimum atomic E-state index is 0.312. The molecule has 2 atom stereocenters. The summed E-state index contributed by atoms with van der Waals surface area (Å²) >= 11 is 0. The first kappa shape index (κ1) is 16.4. The molecule has 26 heavy (non-hydrogen) atoms. The Labute approximate surface area is 155 Å². The number of aromatic nitrogens is 1. The molecule has 138 valence electrons. The monoisotopic (exact) mass is 351 g/mol. The van der Waals surface area contributed by atoms with Crippen LogP contribution in [-0.2, 0) is 18.3 Å². The number of piperidine rings is 1. The Balaban J connectivity index is 1.32. The number of nitrogens with zero attached hydrogens (tertiary/aromatic N) is 3. The van der Waals surface area contributed by atoms with Crippen LogP contribution in [0.25, 0.3) is 10.9 Å². The lowest BCUT2D eigenvalue weighted by Gasteiger charge is -2.36. The summed E-state index contributed by atoms with van der Waals surface area (Å²) in [5.74, 6) is 1.92. The highest BCUT2D eigenvalue weighted by atomic mass is 16.2. The third-order valence-electron chi connectivity index (χ3n) is 6.69. The van der Waals surface area contributed by atoms with Crippen molar-refractivity contribution in [1.29, 1.82) is 0 Å². The lowest BCUT2D eigenvalue weighted by molar-refractivity contribution is -0.130. The van der Waals surface area contributed by atoms with Crippen molar-refractivity contribution in [2.75, 3.05) is 26.2 Å². The molecule has 1 aromatic heterocycles. The summed E-state index contributed by atoms with van der Waals surface area (Å²) in [6.45, 7) is 4.37. The lowest BCUT2D eigenvalue weighted by atomic mass is 9.95. The van der Waals surface area contributed by atoms with Crippen molar-refractivity contribution in [3.63, 3.8) is 0 Å². The van der Waals surface area contributed by atoms with E-state index in [1.165, 1.54) is 55.2 Å². The number of benzene rings is 1. The van der Waals surface area contributed by atoms with Crippen LogP contribution in [0.4, 0.5) is 0 Å². The largest absolute Gasteiger partial charge is 0.350 e. The second kappa shape index (κ2) is 6.41. The minimum absolute atomic E-state index is 0.312. The van der Waals surface area contributed by atoms with Crippen LogP contribution in [0.15, 0.2) is 30.5 Å². The van der Waals surface area contributed by atoms with Crippen molar-refractivity contribution in [3.05, 3.63) is 36.0 Å². The standard InChI is InChI=1S/C22H29N3O/c1-23-14-18(20-4-2-3-5-21(20)23)10-22(26)25-13-17-8-9-19(15-25)24(12-17)11-16-6-7-16/h2-5,14,16-17,19H,6-13,15H2,1H3/t17-,19-/m1/s1. The van der Waals surface area contributed by atoms with Crippen LogP contribution < -0.4 is 0 Å². The van der Waals surface area contributed by atoms with Gasteiger partial charge in [0.1, 0.15) is 0 Å². The number of carbonyl (C=O) groups is 1. The number of aryl methyl sites for hydroxylation is 1.